The monoisotopic (exact) mass is 485 g/mol. The van der Waals surface area contributed by atoms with Gasteiger partial charge in [0, 0.05) is 24.3 Å². The van der Waals surface area contributed by atoms with Crippen molar-refractivity contribution in [2.24, 2.45) is 5.10 Å². The van der Waals surface area contributed by atoms with Gasteiger partial charge in [0.1, 0.15) is 5.82 Å². The molecule has 182 valence electrons. The van der Waals surface area contributed by atoms with Crippen molar-refractivity contribution in [1.82, 2.24) is 0 Å². The Morgan fingerprint density at radius 1 is 0.541 bits per heavy atom. The van der Waals surface area contributed by atoms with Crippen LogP contribution in [0.2, 0.25) is 0 Å². The van der Waals surface area contributed by atoms with Crippen molar-refractivity contribution in [3.05, 3.63) is 162 Å². The molecule has 0 amide bonds. The maximum atomic E-state index is 15.4. The summed E-state index contributed by atoms with van der Waals surface area (Å²) in [6.45, 7) is 1.36. The molecule has 0 heterocycles. The fraction of sp³-hybridized carbons (Fsp3) is 0.0606. The summed E-state index contributed by atoms with van der Waals surface area (Å²) in [5, 5.41) is 6.47. The van der Waals surface area contributed by atoms with E-state index >= 15 is 4.39 Å². The number of benzene rings is 5. The second-order valence-electron chi connectivity index (χ2n) is 8.76. The van der Waals surface area contributed by atoms with E-state index in [1.807, 2.05) is 108 Å². The van der Waals surface area contributed by atoms with Crippen LogP contribution < -0.4 is 9.91 Å². The number of nitrogens with zero attached hydrogens (tertiary/aromatic N) is 3. The molecular formula is C33H28FN3. The Kier molecular flexibility index (Phi) is 7.67. The highest BCUT2D eigenvalue weighted by Gasteiger charge is 2.12. The summed E-state index contributed by atoms with van der Waals surface area (Å²) in [7, 11) is 0. The van der Waals surface area contributed by atoms with Gasteiger partial charge in [-0.1, -0.05) is 97.1 Å². The lowest BCUT2D eigenvalue weighted by atomic mass is 10.1. The maximum absolute atomic E-state index is 15.4. The van der Waals surface area contributed by atoms with Crippen LogP contribution in [0.5, 0.6) is 0 Å². The van der Waals surface area contributed by atoms with Crippen LogP contribution in [0.4, 0.5) is 21.5 Å². The van der Waals surface area contributed by atoms with E-state index in [0.717, 1.165) is 17.1 Å². The van der Waals surface area contributed by atoms with Crippen molar-refractivity contribution in [3.63, 3.8) is 0 Å². The molecule has 5 aromatic carbocycles. The van der Waals surface area contributed by atoms with Crippen molar-refractivity contribution in [2.75, 3.05) is 9.91 Å². The minimum absolute atomic E-state index is 0.312. The fourth-order valence-electron chi connectivity index (χ4n) is 4.20. The maximum Gasteiger partial charge on any atom is 0.134 e. The molecule has 5 rings (SSSR count). The van der Waals surface area contributed by atoms with Crippen LogP contribution in [-0.2, 0) is 13.1 Å². The van der Waals surface area contributed by atoms with Gasteiger partial charge in [0.25, 0.3) is 0 Å². The van der Waals surface area contributed by atoms with Gasteiger partial charge in [0.2, 0.25) is 0 Å². The molecular weight excluding hydrogens is 457 g/mol. The SMILES string of the molecule is Fc1cc(N(Cc2ccccc2)Cc2ccccc2)ccc1/C=N/N(c1ccccc1)c1ccccc1. The Bertz CT molecular complexity index is 1340. The molecule has 0 aliphatic rings. The second kappa shape index (κ2) is 11.8. The van der Waals surface area contributed by atoms with E-state index in [2.05, 4.69) is 34.3 Å². The molecule has 5 aromatic rings. The zero-order valence-electron chi connectivity index (χ0n) is 20.5. The van der Waals surface area contributed by atoms with E-state index in [9.17, 15) is 0 Å². The minimum atomic E-state index is -0.312. The Morgan fingerprint density at radius 3 is 1.46 bits per heavy atom. The average Bonchev–Trinajstić information content (AvgIpc) is 2.96. The Morgan fingerprint density at radius 2 is 1.00 bits per heavy atom. The lowest BCUT2D eigenvalue weighted by molar-refractivity contribution is 0.624. The smallest absolute Gasteiger partial charge is 0.134 e. The van der Waals surface area contributed by atoms with E-state index in [4.69, 9.17) is 0 Å². The lowest BCUT2D eigenvalue weighted by Gasteiger charge is -2.25. The van der Waals surface area contributed by atoms with Crippen LogP contribution in [0.15, 0.2) is 145 Å². The number of hydrogen-bond donors (Lipinski definition) is 0. The van der Waals surface area contributed by atoms with Gasteiger partial charge in [-0.2, -0.15) is 5.10 Å². The summed E-state index contributed by atoms with van der Waals surface area (Å²) in [6, 6.07) is 45.6. The molecule has 37 heavy (non-hydrogen) atoms. The molecule has 3 nitrogen and oxygen atoms in total. The first-order chi connectivity index (χ1) is 18.3. The highest BCUT2D eigenvalue weighted by Crippen LogP contribution is 2.26. The molecule has 0 unspecified atom stereocenters. The number of hydrogen-bond acceptors (Lipinski definition) is 3. The molecule has 0 saturated heterocycles. The molecule has 0 fully saturated rings. The molecule has 0 N–H and O–H groups in total. The Hall–Kier alpha value is -4.70. The molecule has 0 saturated carbocycles. The summed E-state index contributed by atoms with van der Waals surface area (Å²) < 4.78 is 15.4. The number of anilines is 3. The van der Waals surface area contributed by atoms with Crippen LogP contribution in [-0.4, -0.2) is 6.21 Å². The van der Waals surface area contributed by atoms with Gasteiger partial charge in [-0.25, -0.2) is 9.40 Å². The van der Waals surface area contributed by atoms with Crippen molar-refractivity contribution >= 4 is 23.3 Å². The minimum Gasteiger partial charge on any atom is -0.363 e. The highest BCUT2D eigenvalue weighted by atomic mass is 19.1. The topological polar surface area (TPSA) is 18.8 Å². The first-order valence-corrected chi connectivity index (χ1v) is 12.3. The number of halogens is 1. The van der Waals surface area contributed by atoms with Gasteiger partial charge in [-0.3, -0.25) is 0 Å². The Balaban J connectivity index is 1.42. The molecule has 0 atom stereocenters. The van der Waals surface area contributed by atoms with Gasteiger partial charge in [-0.05, 0) is 53.6 Å². The van der Waals surface area contributed by atoms with E-state index in [1.165, 1.54) is 11.1 Å². The molecule has 0 bridgehead atoms. The predicted octanol–water partition coefficient (Wildman–Crippen LogP) is 8.20. The third-order valence-electron chi connectivity index (χ3n) is 6.10. The van der Waals surface area contributed by atoms with Crippen LogP contribution in [0.25, 0.3) is 0 Å². The largest absolute Gasteiger partial charge is 0.363 e. The highest BCUT2D eigenvalue weighted by molar-refractivity contribution is 5.83. The van der Waals surface area contributed by atoms with E-state index in [1.54, 1.807) is 18.3 Å². The third-order valence-corrected chi connectivity index (χ3v) is 6.10. The molecule has 4 heteroatoms. The first kappa shape index (κ1) is 24.0. The van der Waals surface area contributed by atoms with E-state index in [0.29, 0.717) is 18.7 Å². The van der Waals surface area contributed by atoms with Gasteiger partial charge >= 0.3 is 0 Å². The first-order valence-electron chi connectivity index (χ1n) is 12.3. The molecule has 0 aliphatic heterocycles. The second-order valence-corrected chi connectivity index (χ2v) is 8.76. The zero-order chi connectivity index (χ0) is 25.3. The summed E-state index contributed by atoms with van der Waals surface area (Å²) in [5.41, 5.74) is 5.40. The zero-order valence-corrected chi connectivity index (χ0v) is 20.5. The summed E-state index contributed by atoms with van der Waals surface area (Å²) >= 11 is 0. The molecule has 0 spiro atoms. The van der Waals surface area contributed by atoms with Gasteiger partial charge in [0.05, 0.1) is 17.6 Å². The normalized spacial score (nSPS) is 10.9. The molecule has 0 aromatic heterocycles. The van der Waals surface area contributed by atoms with Gasteiger partial charge < -0.3 is 4.90 Å². The van der Waals surface area contributed by atoms with Crippen molar-refractivity contribution in [3.8, 4) is 0 Å². The van der Waals surface area contributed by atoms with E-state index < -0.39 is 0 Å². The number of para-hydroxylation sites is 2. The Labute approximate surface area is 217 Å². The van der Waals surface area contributed by atoms with Gasteiger partial charge in [0.15, 0.2) is 0 Å². The molecule has 0 radical (unpaired) electrons. The van der Waals surface area contributed by atoms with Crippen molar-refractivity contribution in [1.29, 1.82) is 0 Å². The van der Waals surface area contributed by atoms with Crippen molar-refractivity contribution in [2.45, 2.75) is 13.1 Å². The molecule has 0 aliphatic carbocycles. The van der Waals surface area contributed by atoms with Crippen LogP contribution in [0.3, 0.4) is 0 Å². The van der Waals surface area contributed by atoms with Crippen LogP contribution in [0.1, 0.15) is 16.7 Å². The van der Waals surface area contributed by atoms with Crippen molar-refractivity contribution < 1.29 is 4.39 Å². The summed E-state index contributed by atoms with van der Waals surface area (Å²) in [5.74, 6) is -0.312. The summed E-state index contributed by atoms with van der Waals surface area (Å²) in [6.07, 6.45) is 1.58. The standard InChI is InChI=1S/C33H28FN3/c34-33-23-32(36(25-27-13-5-1-6-14-27)26-28-15-7-2-8-16-28)22-21-29(33)24-35-37(30-17-9-3-10-18-30)31-19-11-4-12-20-31/h1-24H,25-26H2/b35-24+. The number of hydrazone groups is 1. The third kappa shape index (κ3) is 6.30. The van der Waals surface area contributed by atoms with Gasteiger partial charge in [-0.15, -0.1) is 0 Å². The average molecular weight is 486 g/mol. The van der Waals surface area contributed by atoms with Crippen LogP contribution in [0, 0.1) is 5.82 Å². The quantitative estimate of drug-likeness (QED) is 0.155. The van der Waals surface area contributed by atoms with E-state index in [-0.39, 0.29) is 5.82 Å². The van der Waals surface area contributed by atoms with Crippen LogP contribution >= 0.6 is 0 Å². The summed E-state index contributed by atoms with van der Waals surface area (Å²) in [4.78, 5) is 2.19. The number of rotatable bonds is 9. The fourth-order valence-corrected chi connectivity index (χ4v) is 4.20. The lowest BCUT2D eigenvalue weighted by Crippen LogP contribution is -2.22. The predicted molar refractivity (Wildman–Crippen MR) is 152 cm³/mol.